The van der Waals surface area contributed by atoms with Gasteiger partial charge in [0.2, 0.25) is 0 Å². The summed E-state index contributed by atoms with van der Waals surface area (Å²) in [6.45, 7) is 3.55. The van der Waals surface area contributed by atoms with Crippen molar-refractivity contribution in [3.05, 3.63) is 24.8 Å². The standard InChI is InChI=1S/C8H8Br3Cl3/c1-2-5(12)6(13)3-4-7(14)8(9,10)11/h2-7H,1H2. The summed E-state index contributed by atoms with van der Waals surface area (Å²) >= 11 is 27.7. The number of alkyl halides is 6. The molecule has 14 heavy (non-hydrogen) atoms. The van der Waals surface area contributed by atoms with E-state index in [0.717, 1.165) is 0 Å². The van der Waals surface area contributed by atoms with Crippen LogP contribution in [0.2, 0.25) is 0 Å². The van der Waals surface area contributed by atoms with Crippen molar-refractivity contribution >= 4 is 82.6 Å². The van der Waals surface area contributed by atoms with Gasteiger partial charge in [-0.3, -0.25) is 0 Å². The molecular formula is C8H8Br3Cl3. The minimum Gasteiger partial charge on any atom is -0.117 e. The molecule has 0 spiro atoms. The zero-order chi connectivity index (χ0) is 11.4. The van der Waals surface area contributed by atoms with Crippen LogP contribution in [0, 0.1) is 0 Å². The highest BCUT2D eigenvalue weighted by Gasteiger charge is 2.26. The minimum absolute atomic E-state index is 0.294. The number of hydrogen-bond donors (Lipinski definition) is 0. The second-order valence-electron chi connectivity index (χ2n) is 2.45. The van der Waals surface area contributed by atoms with Crippen LogP contribution in [0.1, 0.15) is 0 Å². The Labute approximate surface area is 124 Å². The molecule has 0 nitrogen and oxygen atoms in total. The average molecular weight is 450 g/mol. The van der Waals surface area contributed by atoms with Gasteiger partial charge in [-0.1, -0.05) is 66.0 Å². The Morgan fingerprint density at radius 1 is 1.00 bits per heavy atom. The summed E-state index contributed by atoms with van der Waals surface area (Å²) in [6, 6.07) is 0. The molecule has 0 aliphatic heterocycles. The summed E-state index contributed by atoms with van der Waals surface area (Å²) in [5.41, 5.74) is 0. The number of allylic oxidation sites excluding steroid dienone is 3. The molecular weight excluding hydrogens is 442 g/mol. The summed E-state index contributed by atoms with van der Waals surface area (Å²) in [4.78, 5) is 0. The number of rotatable bonds is 4. The van der Waals surface area contributed by atoms with Crippen LogP contribution in [0.4, 0.5) is 0 Å². The van der Waals surface area contributed by atoms with Crippen LogP contribution in [-0.2, 0) is 0 Å². The normalized spacial score (nSPS) is 19.3. The smallest absolute Gasteiger partial charge is 0.117 e. The highest BCUT2D eigenvalue weighted by molar-refractivity contribution is 9.39. The van der Waals surface area contributed by atoms with Crippen LogP contribution in [0.5, 0.6) is 0 Å². The fourth-order valence-corrected chi connectivity index (χ4v) is 1.36. The van der Waals surface area contributed by atoms with E-state index in [9.17, 15) is 0 Å². The maximum Gasteiger partial charge on any atom is 0.154 e. The Morgan fingerprint density at radius 3 is 1.86 bits per heavy atom. The second-order valence-corrected chi connectivity index (χ2v) is 10.9. The van der Waals surface area contributed by atoms with Gasteiger partial charge in [-0.2, -0.15) is 0 Å². The lowest BCUT2D eigenvalue weighted by molar-refractivity contribution is 1.05. The molecule has 0 aromatic heterocycles. The molecule has 0 radical (unpaired) electrons. The second kappa shape index (κ2) is 7.18. The lowest BCUT2D eigenvalue weighted by Gasteiger charge is -2.16. The third kappa shape index (κ3) is 6.39. The van der Waals surface area contributed by atoms with Gasteiger partial charge in [0.25, 0.3) is 0 Å². The van der Waals surface area contributed by atoms with Crippen molar-refractivity contribution in [3.63, 3.8) is 0 Å². The van der Waals surface area contributed by atoms with Gasteiger partial charge >= 0.3 is 0 Å². The first-order valence-corrected chi connectivity index (χ1v) is 7.27. The molecule has 82 valence electrons. The van der Waals surface area contributed by atoms with Crippen LogP contribution in [-0.4, -0.2) is 18.3 Å². The van der Waals surface area contributed by atoms with Gasteiger partial charge in [0.15, 0.2) is 2.14 Å². The first kappa shape index (κ1) is 15.8. The molecule has 0 bridgehead atoms. The molecule has 0 saturated carbocycles. The van der Waals surface area contributed by atoms with E-state index in [0.29, 0.717) is 0 Å². The lowest BCUT2D eigenvalue weighted by atomic mass is 10.2. The SMILES string of the molecule is C=CC(Cl)C(Cl)C=CC(Cl)C(Br)(Br)Br. The maximum absolute atomic E-state index is 5.99. The summed E-state index contributed by atoms with van der Waals surface area (Å²) in [5, 5.41) is -0.908. The Bertz CT molecular complexity index is 212. The van der Waals surface area contributed by atoms with Gasteiger partial charge in [0.1, 0.15) is 0 Å². The molecule has 0 saturated heterocycles. The molecule has 0 aromatic rings. The van der Waals surface area contributed by atoms with Gasteiger partial charge in [-0.15, -0.1) is 41.4 Å². The van der Waals surface area contributed by atoms with E-state index in [4.69, 9.17) is 34.8 Å². The highest BCUT2D eigenvalue weighted by Crippen LogP contribution is 2.40. The van der Waals surface area contributed by atoms with Gasteiger partial charge in [-0.05, 0) is 0 Å². The van der Waals surface area contributed by atoms with Crippen LogP contribution in [0.3, 0.4) is 0 Å². The van der Waals surface area contributed by atoms with E-state index in [2.05, 4.69) is 54.4 Å². The third-order valence-corrected chi connectivity index (χ3v) is 5.04. The average Bonchev–Trinajstić information content (AvgIpc) is 2.10. The van der Waals surface area contributed by atoms with E-state index in [1.807, 2.05) is 0 Å². The van der Waals surface area contributed by atoms with E-state index in [1.54, 1.807) is 18.2 Å². The van der Waals surface area contributed by atoms with E-state index < -0.39 is 2.14 Å². The van der Waals surface area contributed by atoms with Crippen LogP contribution in [0.25, 0.3) is 0 Å². The van der Waals surface area contributed by atoms with Crippen LogP contribution >= 0.6 is 82.6 Å². The van der Waals surface area contributed by atoms with Gasteiger partial charge in [0.05, 0.1) is 16.1 Å². The molecule has 0 aliphatic carbocycles. The minimum atomic E-state index is -0.530. The topological polar surface area (TPSA) is 0 Å². The van der Waals surface area contributed by atoms with E-state index >= 15 is 0 Å². The zero-order valence-electron chi connectivity index (χ0n) is 6.94. The molecule has 0 heterocycles. The Morgan fingerprint density at radius 2 is 1.50 bits per heavy atom. The molecule has 3 unspecified atom stereocenters. The molecule has 0 rings (SSSR count). The first-order chi connectivity index (χ1) is 6.29. The van der Waals surface area contributed by atoms with Crippen molar-refractivity contribution < 1.29 is 0 Å². The highest BCUT2D eigenvalue weighted by atomic mass is 80.0. The molecule has 0 amide bonds. The van der Waals surface area contributed by atoms with E-state index in [1.165, 1.54) is 0 Å². The molecule has 0 aromatic carbocycles. The van der Waals surface area contributed by atoms with Gasteiger partial charge in [-0.25, -0.2) is 0 Å². The number of hydrogen-bond acceptors (Lipinski definition) is 0. The van der Waals surface area contributed by atoms with Crippen molar-refractivity contribution in [2.24, 2.45) is 0 Å². The predicted molar refractivity (Wildman–Crippen MR) is 77.8 cm³/mol. The van der Waals surface area contributed by atoms with Crippen molar-refractivity contribution in [1.29, 1.82) is 0 Å². The quantitative estimate of drug-likeness (QED) is 0.398. The Kier molecular flexibility index (Phi) is 8.10. The predicted octanol–water partition coefficient (Wildman–Crippen LogP) is 5.39. The molecule has 3 atom stereocenters. The lowest BCUT2D eigenvalue weighted by Crippen LogP contribution is -2.16. The van der Waals surface area contributed by atoms with E-state index in [-0.39, 0.29) is 16.1 Å². The maximum atomic E-state index is 5.99. The van der Waals surface area contributed by atoms with Crippen LogP contribution in [0.15, 0.2) is 24.8 Å². The summed E-state index contributed by atoms with van der Waals surface area (Å²) in [7, 11) is 0. The fourth-order valence-electron chi connectivity index (χ4n) is 0.549. The van der Waals surface area contributed by atoms with Gasteiger partial charge < -0.3 is 0 Å². The zero-order valence-corrected chi connectivity index (χ0v) is 14.0. The Balaban J connectivity index is 4.23. The number of halogens is 6. The van der Waals surface area contributed by atoms with Crippen LogP contribution < -0.4 is 0 Å². The molecule has 0 N–H and O–H groups in total. The Hall–Kier alpha value is 1.79. The molecule has 0 fully saturated rings. The van der Waals surface area contributed by atoms with Crippen molar-refractivity contribution in [1.82, 2.24) is 0 Å². The fraction of sp³-hybridized carbons (Fsp3) is 0.500. The van der Waals surface area contributed by atoms with Crippen molar-refractivity contribution in [2.75, 3.05) is 0 Å². The summed E-state index contributed by atoms with van der Waals surface area (Å²) < 4.78 is -0.530. The largest absolute Gasteiger partial charge is 0.154 e. The third-order valence-electron chi connectivity index (χ3n) is 1.31. The monoisotopic (exact) mass is 446 g/mol. The molecule has 0 aliphatic rings. The first-order valence-electron chi connectivity index (χ1n) is 3.59. The molecule has 6 heteroatoms. The summed E-state index contributed by atoms with van der Waals surface area (Å²) in [6.07, 6.45) is 5.06. The van der Waals surface area contributed by atoms with Crippen molar-refractivity contribution in [3.8, 4) is 0 Å². The van der Waals surface area contributed by atoms with Crippen molar-refractivity contribution in [2.45, 2.75) is 18.3 Å². The summed E-state index contributed by atoms with van der Waals surface area (Å²) in [5.74, 6) is 0. The van der Waals surface area contributed by atoms with Gasteiger partial charge in [0, 0.05) is 0 Å².